The molecule has 1 fully saturated rings. The van der Waals surface area contributed by atoms with Gasteiger partial charge in [-0.1, -0.05) is 24.4 Å². The first-order valence-corrected chi connectivity index (χ1v) is 11.0. The van der Waals surface area contributed by atoms with E-state index in [2.05, 4.69) is 21.8 Å². The number of thiophene rings is 1. The van der Waals surface area contributed by atoms with Crippen LogP contribution in [0.2, 0.25) is 0 Å². The van der Waals surface area contributed by atoms with Gasteiger partial charge < -0.3 is 9.42 Å². The highest BCUT2D eigenvalue weighted by molar-refractivity contribution is 7.91. The van der Waals surface area contributed by atoms with Gasteiger partial charge in [0.05, 0.1) is 5.69 Å². The summed E-state index contributed by atoms with van der Waals surface area (Å²) in [5.41, 5.74) is 1.51. The van der Waals surface area contributed by atoms with Crippen molar-refractivity contribution in [2.75, 3.05) is 20.1 Å². The van der Waals surface area contributed by atoms with Crippen molar-refractivity contribution >= 4 is 21.4 Å². The summed E-state index contributed by atoms with van der Waals surface area (Å²) in [5.74, 6) is 0.590. The summed E-state index contributed by atoms with van der Waals surface area (Å²) in [6, 6.07) is 4.02. The quantitative estimate of drug-likeness (QED) is 0.794. The molecule has 2 heterocycles. The normalized spacial score (nSPS) is 16.6. The molecule has 25 heavy (non-hydrogen) atoms. The minimum absolute atomic E-state index is 0.303. The molecule has 1 N–H and O–H groups in total. The Kier molecular flexibility index (Phi) is 5.93. The fraction of sp³-hybridized carbons (Fsp3) is 0.588. The third-order valence-corrected chi connectivity index (χ3v) is 7.61. The molecule has 0 saturated heterocycles. The third-order valence-electron chi connectivity index (χ3n) is 4.71. The first kappa shape index (κ1) is 18.6. The zero-order valence-corrected chi connectivity index (χ0v) is 16.3. The van der Waals surface area contributed by atoms with Crippen molar-refractivity contribution in [2.45, 2.75) is 49.3 Å². The highest BCUT2D eigenvalue weighted by atomic mass is 32.2. The summed E-state index contributed by atoms with van der Waals surface area (Å²) in [5, 5.41) is 5.62. The molecule has 0 unspecified atom stereocenters. The van der Waals surface area contributed by atoms with Crippen LogP contribution in [-0.2, 0) is 10.0 Å². The van der Waals surface area contributed by atoms with Crippen LogP contribution in [0.1, 0.15) is 37.8 Å². The molecule has 0 spiro atoms. The highest BCUT2D eigenvalue weighted by Gasteiger charge is 2.20. The van der Waals surface area contributed by atoms with Crippen LogP contribution in [-0.4, -0.2) is 44.7 Å². The van der Waals surface area contributed by atoms with Crippen LogP contribution in [0, 0.1) is 6.92 Å². The lowest BCUT2D eigenvalue weighted by atomic mass is 9.94. The van der Waals surface area contributed by atoms with E-state index in [0.717, 1.165) is 17.8 Å². The Morgan fingerprint density at radius 2 is 2.08 bits per heavy atom. The Labute approximate surface area is 153 Å². The van der Waals surface area contributed by atoms with Crippen molar-refractivity contribution in [3.8, 4) is 11.3 Å². The van der Waals surface area contributed by atoms with Gasteiger partial charge in [0, 0.05) is 36.1 Å². The summed E-state index contributed by atoms with van der Waals surface area (Å²) < 4.78 is 33.2. The lowest BCUT2D eigenvalue weighted by Gasteiger charge is -2.31. The molecule has 0 bridgehead atoms. The van der Waals surface area contributed by atoms with Crippen LogP contribution < -0.4 is 4.72 Å². The van der Waals surface area contributed by atoms with Gasteiger partial charge >= 0.3 is 0 Å². The zero-order chi connectivity index (χ0) is 17.9. The van der Waals surface area contributed by atoms with Gasteiger partial charge in [-0.3, -0.25) is 0 Å². The maximum absolute atomic E-state index is 12.5. The van der Waals surface area contributed by atoms with Crippen molar-refractivity contribution in [1.82, 2.24) is 14.8 Å². The number of likely N-dealkylation sites (N-methyl/N-ethyl adjacent to an activating group) is 1. The molecule has 1 aliphatic rings. The van der Waals surface area contributed by atoms with Crippen molar-refractivity contribution in [3.05, 3.63) is 23.2 Å². The minimum Gasteiger partial charge on any atom is -0.356 e. The van der Waals surface area contributed by atoms with E-state index in [-0.39, 0.29) is 0 Å². The molecule has 0 aromatic carbocycles. The van der Waals surface area contributed by atoms with E-state index >= 15 is 0 Å². The molecule has 0 amide bonds. The molecule has 1 saturated carbocycles. The minimum atomic E-state index is -3.49. The Balaban J connectivity index is 1.56. The molecule has 1 aliphatic carbocycles. The van der Waals surface area contributed by atoms with Gasteiger partial charge in [-0.15, -0.1) is 11.3 Å². The molecule has 0 aliphatic heterocycles. The van der Waals surface area contributed by atoms with E-state index in [1.807, 2.05) is 6.92 Å². The van der Waals surface area contributed by atoms with Crippen LogP contribution in [0.4, 0.5) is 0 Å². The van der Waals surface area contributed by atoms with Gasteiger partial charge in [0.15, 0.2) is 5.76 Å². The average molecular weight is 384 g/mol. The summed E-state index contributed by atoms with van der Waals surface area (Å²) in [6.07, 6.45) is 6.31. The Hall–Kier alpha value is -1.22. The van der Waals surface area contributed by atoms with Gasteiger partial charge in [-0.25, -0.2) is 13.1 Å². The Morgan fingerprint density at radius 1 is 1.32 bits per heavy atom. The van der Waals surface area contributed by atoms with Crippen LogP contribution in [0.25, 0.3) is 11.3 Å². The van der Waals surface area contributed by atoms with E-state index in [9.17, 15) is 8.42 Å². The van der Waals surface area contributed by atoms with E-state index < -0.39 is 10.0 Å². The first-order valence-electron chi connectivity index (χ1n) is 8.68. The number of aromatic nitrogens is 1. The largest absolute Gasteiger partial charge is 0.356 e. The second-order valence-electron chi connectivity index (χ2n) is 6.66. The van der Waals surface area contributed by atoms with E-state index in [1.165, 1.54) is 43.4 Å². The zero-order valence-electron chi connectivity index (χ0n) is 14.7. The number of sulfonamides is 1. The highest BCUT2D eigenvalue weighted by Crippen LogP contribution is 2.28. The molecule has 3 rings (SSSR count). The van der Waals surface area contributed by atoms with Crippen molar-refractivity contribution < 1.29 is 12.9 Å². The summed E-state index contributed by atoms with van der Waals surface area (Å²) in [4.78, 5) is 2.28. The first-order chi connectivity index (χ1) is 12.0. The van der Waals surface area contributed by atoms with Crippen LogP contribution in [0.15, 0.2) is 26.2 Å². The SMILES string of the molecule is Cc1cc(-c2csc(S(=O)(=O)NCCN(C)C3CCCCC3)c2)on1. The fourth-order valence-electron chi connectivity index (χ4n) is 3.22. The molecule has 2 aromatic rings. The van der Waals surface area contributed by atoms with E-state index in [4.69, 9.17) is 4.52 Å². The maximum Gasteiger partial charge on any atom is 0.250 e. The van der Waals surface area contributed by atoms with Gasteiger partial charge in [0.1, 0.15) is 4.21 Å². The molecular weight excluding hydrogens is 358 g/mol. The smallest absolute Gasteiger partial charge is 0.250 e. The van der Waals surface area contributed by atoms with E-state index in [0.29, 0.717) is 22.6 Å². The number of hydrogen-bond acceptors (Lipinski definition) is 6. The molecule has 0 atom stereocenters. The average Bonchev–Trinajstić information content (AvgIpc) is 3.24. The molecule has 8 heteroatoms. The lowest BCUT2D eigenvalue weighted by Crippen LogP contribution is -2.39. The van der Waals surface area contributed by atoms with Crippen LogP contribution >= 0.6 is 11.3 Å². The standard InChI is InChI=1S/C17H25N3O3S2/c1-13-10-16(23-19-13)14-11-17(24-12-14)25(21,22)18-8-9-20(2)15-6-4-3-5-7-15/h10-12,15,18H,3-9H2,1-2H3. The topological polar surface area (TPSA) is 75.4 Å². The lowest BCUT2D eigenvalue weighted by molar-refractivity contribution is 0.195. The van der Waals surface area contributed by atoms with Crippen molar-refractivity contribution in [1.29, 1.82) is 0 Å². The summed E-state index contributed by atoms with van der Waals surface area (Å²) in [6.45, 7) is 2.98. The molecule has 6 nitrogen and oxygen atoms in total. The third kappa shape index (κ3) is 4.69. The van der Waals surface area contributed by atoms with Gasteiger partial charge in [0.25, 0.3) is 0 Å². The van der Waals surface area contributed by atoms with Gasteiger partial charge in [-0.05, 0) is 32.9 Å². The van der Waals surface area contributed by atoms with Crippen LogP contribution in [0.5, 0.6) is 0 Å². The number of rotatable bonds is 7. The van der Waals surface area contributed by atoms with Gasteiger partial charge in [0.2, 0.25) is 10.0 Å². The predicted octanol–water partition coefficient (Wildman–Crippen LogP) is 3.25. The van der Waals surface area contributed by atoms with Crippen LogP contribution in [0.3, 0.4) is 0 Å². The van der Waals surface area contributed by atoms with E-state index in [1.54, 1.807) is 17.5 Å². The summed E-state index contributed by atoms with van der Waals surface area (Å²) >= 11 is 1.20. The Bertz CT molecular complexity index is 792. The second kappa shape index (κ2) is 7.99. The summed E-state index contributed by atoms with van der Waals surface area (Å²) in [7, 11) is -1.40. The molecule has 0 radical (unpaired) electrons. The number of hydrogen-bond donors (Lipinski definition) is 1. The van der Waals surface area contributed by atoms with Crippen molar-refractivity contribution in [3.63, 3.8) is 0 Å². The van der Waals surface area contributed by atoms with Gasteiger partial charge in [-0.2, -0.15) is 0 Å². The maximum atomic E-state index is 12.5. The molecule has 2 aromatic heterocycles. The molecule has 138 valence electrons. The predicted molar refractivity (Wildman–Crippen MR) is 99.2 cm³/mol. The fourth-order valence-corrected chi connectivity index (χ4v) is 5.45. The Morgan fingerprint density at radius 3 is 2.76 bits per heavy atom. The second-order valence-corrected chi connectivity index (χ2v) is 9.56. The monoisotopic (exact) mass is 383 g/mol. The number of nitrogens with one attached hydrogen (secondary N) is 1. The van der Waals surface area contributed by atoms with Crippen molar-refractivity contribution in [2.24, 2.45) is 0 Å². The molecular formula is C17H25N3O3S2. The number of aryl methyl sites for hydroxylation is 1. The number of nitrogens with zero attached hydrogens (tertiary/aromatic N) is 2.